The summed E-state index contributed by atoms with van der Waals surface area (Å²) in [5, 5.41) is 9.57. The molecule has 6 aromatic rings. The van der Waals surface area contributed by atoms with Gasteiger partial charge in [-0.25, -0.2) is 8.78 Å². The van der Waals surface area contributed by atoms with Crippen molar-refractivity contribution in [2.75, 3.05) is 73.6 Å². The third-order valence-electron chi connectivity index (χ3n) is 11.2. The van der Waals surface area contributed by atoms with Gasteiger partial charge in [0.1, 0.15) is 11.6 Å². The zero-order chi connectivity index (χ0) is 40.3. The zero-order valence-electron chi connectivity index (χ0n) is 31.8. The fraction of sp³-hybridized carbons (Fsp3) is 0.279. The lowest BCUT2D eigenvalue weighted by Gasteiger charge is -2.43. The Balaban J connectivity index is 1.16. The van der Waals surface area contributed by atoms with Crippen molar-refractivity contribution in [1.82, 2.24) is 29.4 Å². The number of hydrogen-bond donors (Lipinski definition) is 2. The van der Waals surface area contributed by atoms with E-state index in [-0.39, 0.29) is 30.5 Å². The summed E-state index contributed by atoms with van der Waals surface area (Å²) in [6.45, 7) is 5.44. The first-order chi connectivity index (χ1) is 28.1. The molecule has 4 aromatic carbocycles. The van der Waals surface area contributed by atoms with Crippen molar-refractivity contribution < 1.29 is 13.6 Å². The molecule has 0 bridgehead atoms. The highest BCUT2D eigenvalue weighted by Gasteiger charge is 2.39. The van der Waals surface area contributed by atoms with Crippen LogP contribution in [0.2, 0.25) is 0 Å². The predicted molar refractivity (Wildman–Crippen MR) is 233 cm³/mol. The van der Waals surface area contributed by atoms with Crippen LogP contribution in [0.3, 0.4) is 0 Å². The lowest BCUT2D eigenvalue weighted by Crippen LogP contribution is -2.61. The normalized spacial score (nSPS) is 16.4. The predicted octanol–water partition coefficient (Wildman–Crippen LogP) is 7.03. The number of Topliss-reactive ketones (excluding diaryl/α,β-unsaturated/α-hetero) is 1. The maximum absolute atomic E-state index is 15.7. The minimum absolute atomic E-state index is 0.0267. The molecule has 58 heavy (non-hydrogen) atoms. The van der Waals surface area contributed by atoms with Gasteiger partial charge in [0.05, 0.1) is 45.5 Å². The Kier molecular flexibility index (Phi) is 11.9. The van der Waals surface area contributed by atoms with E-state index in [0.717, 1.165) is 33.9 Å². The Hall–Kier alpha value is -5.09. The van der Waals surface area contributed by atoms with E-state index >= 15 is 4.79 Å². The molecule has 4 heterocycles. The minimum Gasteiger partial charge on any atom is -0.381 e. The molecule has 11 nitrogen and oxygen atoms in total. The Morgan fingerprint density at radius 2 is 0.897 bits per heavy atom. The second-order valence-electron chi connectivity index (χ2n) is 14.6. The highest BCUT2D eigenvalue weighted by Crippen LogP contribution is 2.35. The summed E-state index contributed by atoms with van der Waals surface area (Å²) < 4.78 is 32.7. The number of halogens is 4. The molecule has 2 aromatic heterocycles. The summed E-state index contributed by atoms with van der Waals surface area (Å²) in [5.74, 6) is 0.141. The molecule has 2 unspecified atom stereocenters. The van der Waals surface area contributed by atoms with E-state index in [1.807, 2.05) is 70.0 Å². The Labute approximate surface area is 353 Å². The van der Waals surface area contributed by atoms with E-state index in [9.17, 15) is 8.78 Å². The largest absolute Gasteiger partial charge is 0.381 e. The first-order valence-electron chi connectivity index (χ1n) is 19.3. The number of benzene rings is 4. The smallest absolute Gasteiger partial charge is 0.170 e. The van der Waals surface area contributed by atoms with Crippen molar-refractivity contribution in [3.63, 3.8) is 0 Å². The van der Waals surface area contributed by atoms with Crippen molar-refractivity contribution in [3.05, 3.63) is 130 Å². The molecule has 2 aliphatic heterocycles. The van der Waals surface area contributed by atoms with E-state index in [1.165, 1.54) is 24.3 Å². The van der Waals surface area contributed by atoms with Crippen molar-refractivity contribution in [2.45, 2.75) is 25.2 Å². The van der Waals surface area contributed by atoms with Gasteiger partial charge in [-0.2, -0.15) is 10.2 Å². The van der Waals surface area contributed by atoms with Gasteiger partial charge in [-0.15, -0.1) is 0 Å². The summed E-state index contributed by atoms with van der Waals surface area (Å²) in [6.07, 6.45) is 0. The van der Waals surface area contributed by atoms with Crippen LogP contribution in [0.5, 0.6) is 0 Å². The molecular formula is C43H44Br2F2N10O. The molecule has 0 radical (unpaired) electrons. The molecule has 0 spiro atoms. The molecule has 2 atom stereocenters. The fourth-order valence-electron chi connectivity index (χ4n) is 8.13. The average Bonchev–Trinajstić information content (AvgIpc) is 3.70. The number of anilines is 4. The maximum Gasteiger partial charge on any atom is 0.170 e. The number of aromatic nitrogens is 4. The number of hydrogen-bond acceptors (Lipinski definition) is 9. The first-order valence-corrected chi connectivity index (χ1v) is 20.9. The van der Waals surface area contributed by atoms with Gasteiger partial charge in [0.25, 0.3) is 0 Å². The van der Waals surface area contributed by atoms with Gasteiger partial charge in [-0.3, -0.25) is 24.0 Å². The van der Waals surface area contributed by atoms with Gasteiger partial charge in [-0.05, 0) is 80.4 Å². The maximum atomic E-state index is 15.7. The Bertz CT molecular complexity index is 2160. The molecule has 4 N–H and O–H groups in total. The van der Waals surface area contributed by atoms with E-state index in [0.29, 0.717) is 72.9 Å². The van der Waals surface area contributed by atoms with Gasteiger partial charge in [0.15, 0.2) is 17.4 Å². The van der Waals surface area contributed by atoms with Crippen molar-refractivity contribution in [3.8, 4) is 22.5 Å². The van der Waals surface area contributed by atoms with Crippen molar-refractivity contribution >= 4 is 60.7 Å². The van der Waals surface area contributed by atoms with Crippen LogP contribution in [0.1, 0.15) is 0 Å². The number of rotatable bonds is 12. The fourth-order valence-corrected chi connectivity index (χ4v) is 9.16. The van der Waals surface area contributed by atoms with Gasteiger partial charge in [0, 0.05) is 74.9 Å². The average molecular weight is 915 g/mol. The molecule has 8 rings (SSSR count). The molecule has 0 amide bonds. The summed E-state index contributed by atoms with van der Waals surface area (Å²) in [5.41, 5.74) is 18.2. The molecule has 0 aliphatic carbocycles. The highest BCUT2D eigenvalue weighted by molar-refractivity contribution is 9.11. The number of ketones is 1. The van der Waals surface area contributed by atoms with Crippen LogP contribution < -0.4 is 21.3 Å². The highest BCUT2D eigenvalue weighted by atomic mass is 79.9. The number of carbonyl (C=O) groups excluding carboxylic acids is 1. The monoisotopic (exact) mass is 912 g/mol. The number of nitrogen functional groups attached to an aromatic ring is 2. The number of carbonyl (C=O) groups is 1. The molecule has 300 valence electrons. The van der Waals surface area contributed by atoms with E-state index in [2.05, 4.69) is 51.5 Å². The molecular weight excluding hydrogens is 870 g/mol. The van der Waals surface area contributed by atoms with E-state index in [4.69, 9.17) is 21.7 Å². The quantitative estimate of drug-likeness (QED) is 0.134. The van der Waals surface area contributed by atoms with Gasteiger partial charge < -0.3 is 21.3 Å². The zero-order valence-corrected chi connectivity index (χ0v) is 34.9. The van der Waals surface area contributed by atoms with Gasteiger partial charge >= 0.3 is 0 Å². The standard InChI is InChI=1S/C43H44Br2F2N10O/c44-37-39(29-7-3-1-4-8-29)56(50-42(37)48)27-35(54-23-19-52(20-24-54)33-15-11-31(46)12-16-33)41(58)36(55-25-21-53(22-26-55)34-17-13-32(47)14-18-34)28-57-40(38(45)43(49)51-57)30-9-5-2-6-10-30/h1-18,35-36H,19-28H2,(H2,48,50)(H2,49,51). The van der Waals surface area contributed by atoms with Gasteiger partial charge in [0.2, 0.25) is 0 Å². The first kappa shape index (κ1) is 39.7. The summed E-state index contributed by atoms with van der Waals surface area (Å²) >= 11 is 7.40. The molecule has 2 aliphatic rings. The third kappa shape index (κ3) is 8.39. The van der Waals surface area contributed by atoms with Crippen molar-refractivity contribution in [2.24, 2.45) is 0 Å². The molecule has 2 saturated heterocycles. The third-order valence-corrected chi connectivity index (χ3v) is 12.7. The molecule has 2 fully saturated rings. The van der Waals surface area contributed by atoms with Crippen LogP contribution >= 0.6 is 31.9 Å². The SMILES string of the molecule is Nc1nn(CC(C(=O)C(Cn2nc(N)c(Br)c2-c2ccccc2)N2CCN(c3ccc(F)cc3)CC2)N2CCN(c3ccc(F)cc3)CC2)c(-c2ccccc2)c1Br. The molecule has 15 heteroatoms. The number of nitrogens with zero attached hydrogens (tertiary/aromatic N) is 8. The topological polar surface area (TPSA) is 118 Å². The summed E-state index contributed by atoms with van der Waals surface area (Å²) in [6, 6.07) is 31.7. The van der Waals surface area contributed by atoms with Crippen LogP contribution in [0.4, 0.5) is 31.8 Å². The second-order valence-corrected chi connectivity index (χ2v) is 16.2. The van der Waals surface area contributed by atoms with Crippen LogP contribution in [-0.4, -0.2) is 99.6 Å². The number of piperazine rings is 2. The van der Waals surface area contributed by atoms with Crippen LogP contribution in [0, 0.1) is 11.6 Å². The van der Waals surface area contributed by atoms with Crippen molar-refractivity contribution in [1.29, 1.82) is 0 Å². The molecule has 0 saturated carbocycles. The minimum atomic E-state index is -0.610. The summed E-state index contributed by atoms with van der Waals surface area (Å²) in [4.78, 5) is 24.7. The number of nitrogens with two attached hydrogens (primary N) is 2. The van der Waals surface area contributed by atoms with Gasteiger partial charge in [-0.1, -0.05) is 60.7 Å². The lowest BCUT2D eigenvalue weighted by molar-refractivity contribution is -0.131. The Morgan fingerprint density at radius 1 is 0.552 bits per heavy atom. The summed E-state index contributed by atoms with van der Waals surface area (Å²) in [7, 11) is 0. The van der Waals surface area contributed by atoms with Crippen LogP contribution in [-0.2, 0) is 17.9 Å². The van der Waals surface area contributed by atoms with Crippen LogP contribution in [0.15, 0.2) is 118 Å². The Morgan fingerprint density at radius 3 is 1.24 bits per heavy atom. The lowest BCUT2D eigenvalue weighted by atomic mass is 9.99. The van der Waals surface area contributed by atoms with Crippen LogP contribution in [0.25, 0.3) is 22.5 Å². The van der Waals surface area contributed by atoms with E-state index < -0.39 is 12.1 Å². The van der Waals surface area contributed by atoms with E-state index in [1.54, 1.807) is 24.3 Å². The second kappa shape index (κ2) is 17.4.